The van der Waals surface area contributed by atoms with Gasteiger partial charge in [0.2, 0.25) is 0 Å². The first-order chi connectivity index (χ1) is 12.8. The lowest BCUT2D eigenvalue weighted by Crippen LogP contribution is -2.38. The Bertz CT molecular complexity index is 1070. The largest absolute Gasteiger partial charge is 0.390 e. The molecule has 1 saturated heterocycles. The highest BCUT2D eigenvalue weighted by atomic mass is 32.2. The van der Waals surface area contributed by atoms with Crippen molar-refractivity contribution in [1.82, 2.24) is 13.2 Å². The van der Waals surface area contributed by atoms with E-state index in [1.165, 1.54) is 39.9 Å². The molecule has 4 rings (SSSR count). The van der Waals surface area contributed by atoms with Gasteiger partial charge in [-0.25, -0.2) is 8.78 Å². The Labute approximate surface area is 155 Å². The van der Waals surface area contributed by atoms with Crippen LogP contribution in [0.5, 0.6) is 0 Å². The van der Waals surface area contributed by atoms with Crippen molar-refractivity contribution < 1.29 is 22.3 Å². The third kappa shape index (κ3) is 3.10. The van der Waals surface area contributed by atoms with Crippen LogP contribution in [0.2, 0.25) is 0 Å². The van der Waals surface area contributed by atoms with Crippen LogP contribution in [0.3, 0.4) is 0 Å². The molecule has 6 nitrogen and oxygen atoms in total. The molecular weight excluding hydrogens is 376 g/mol. The Morgan fingerprint density at radius 2 is 1.56 bits per heavy atom. The van der Waals surface area contributed by atoms with Gasteiger partial charge in [0.05, 0.1) is 12.6 Å². The maximum absolute atomic E-state index is 13.7. The zero-order chi connectivity index (χ0) is 19.3. The molecule has 0 radical (unpaired) electrons. The summed E-state index contributed by atoms with van der Waals surface area (Å²) in [6.07, 6.45) is -0.972. The Morgan fingerprint density at radius 1 is 1.00 bits per heavy atom. The summed E-state index contributed by atoms with van der Waals surface area (Å²) in [4.78, 5) is 0. The first kappa shape index (κ1) is 18.3. The van der Waals surface area contributed by atoms with Gasteiger partial charge in [-0.15, -0.1) is 0 Å². The predicted molar refractivity (Wildman–Crippen MR) is 98.5 cm³/mol. The third-order valence-corrected chi connectivity index (χ3v) is 6.94. The number of likely N-dealkylation sites (N-methyl/N-ethyl adjacent to an activating group) is 1. The topological polar surface area (TPSA) is 65.8 Å². The number of benzene rings is 2. The van der Waals surface area contributed by atoms with E-state index >= 15 is 0 Å². The fourth-order valence-electron chi connectivity index (χ4n) is 3.61. The van der Waals surface area contributed by atoms with E-state index in [4.69, 9.17) is 0 Å². The SMILES string of the molecule is CN1CCN(CC(O)Cn2c3ccc(F)cc3c3cc(F)ccc32)S1(=O)=O. The van der Waals surface area contributed by atoms with Crippen molar-refractivity contribution in [1.29, 1.82) is 0 Å². The van der Waals surface area contributed by atoms with E-state index in [9.17, 15) is 22.3 Å². The highest BCUT2D eigenvalue weighted by Crippen LogP contribution is 2.30. The van der Waals surface area contributed by atoms with Crippen LogP contribution in [-0.2, 0) is 16.8 Å². The fourth-order valence-corrected chi connectivity index (χ4v) is 4.99. The van der Waals surface area contributed by atoms with Gasteiger partial charge >= 0.3 is 0 Å². The second kappa shape index (κ2) is 6.52. The third-order valence-electron chi connectivity index (χ3n) is 4.98. The van der Waals surface area contributed by atoms with Crippen LogP contribution in [0.15, 0.2) is 36.4 Å². The second-order valence-corrected chi connectivity index (χ2v) is 8.81. The highest BCUT2D eigenvalue weighted by molar-refractivity contribution is 7.87. The molecule has 1 aliphatic rings. The number of halogens is 2. The van der Waals surface area contributed by atoms with Crippen molar-refractivity contribution in [2.45, 2.75) is 12.6 Å². The summed E-state index contributed by atoms with van der Waals surface area (Å²) in [6.45, 7) is 0.756. The van der Waals surface area contributed by atoms with Crippen LogP contribution < -0.4 is 0 Å². The number of hydrogen-bond donors (Lipinski definition) is 1. The molecule has 0 saturated carbocycles. The Morgan fingerprint density at radius 3 is 2.04 bits per heavy atom. The van der Waals surface area contributed by atoms with Crippen molar-refractivity contribution in [2.24, 2.45) is 0 Å². The molecule has 1 aliphatic heterocycles. The fraction of sp³-hybridized carbons (Fsp3) is 0.333. The average Bonchev–Trinajstić information content (AvgIpc) is 3.03. The van der Waals surface area contributed by atoms with Gasteiger partial charge < -0.3 is 9.67 Å². The molecule has 9 heteroatoms. The van der Waals surface area contributed by atoms with Crippen LogP contribution in [0.1, 0.15) is 0 Å². The molecule has 1 N–H and O–H groups in total. The van der Waals surface area contributed by atoms with Crippen LogP contribution in [-0.4, -0.2) is 59.5 Å². The van der Waals surface area contributed by atoms with Crippen molar-refractivity contribution in [2.75, 3.05) is 26.7 Å². The van der Waals surface area contributed by atoms with E-state index in [1.54, 1.807) is 16.7 Å². The predicted octanol–water partition coefficient (Wildman–Crippen LogP) is 1.93. The zero-order valence-electron chi connectivity index (χ0n) is 14.6. The molecule has 27 heavy (non-hydrogen) atoms. The Hall–Kier alpha value is -2.07. The van der Waals surface area contributed by atoms with Crippen LogP contribution in [0.25, 0.3) is 21.8 Å². The summed E-state index contributed by atoms with van der Waals surface area (Å²) in [6, 6.07) is 8.44. The molecule has 0 bridgehead atoms. The monoisotopic (exact) mass is 395 g/mol. The summed E-state index contributed by atoms with van der Waals surface area (Å²) in [5, 5.41) is 11.6. The van der Waals surface area contributed by atoms with Gasteiger partial charge in [-0.05, 0) is 36.4 Å². The molecule has 2 heterocycles. The summed E-state index contributed by atoms with van der Waals surface area (Å²) >= 11 is 0. The van der Waals surface area contributed by atoms with E-state index in [0.717, 1.165) is 0 Å². The standard InChI is InChI=1S/C18H19F2N3O3S/c1-21-6-7-22(27(21,25)26)10-14(24)11-23-17-4-2-12(19)8-15(17)16-9-13(20)3-5-18(16)23/h2-5,8-9,14,24H,6-7,10-11H2,1H3. The second-order valence-electron chi connectivity index (χ2n) is 6.77. The van der Waals surface area contributed by atoms with E-state index in [0.29, 0.717) is 34.9 Å². The molecule has 144 valence electrons. The lowest BCUT2D eigenvalue weighted by molar-refractivity contribution is 0.133. The van der Waals surface area contributed by atoms with Crippen molar-refractivity contribution >= 4 is 32.0 Å². The van der Waals surface area contributed by atoms with Crippen LogP contribution in [0.4, 0.5) is 8.78 Å². The van der Waals surface area contributed by atoms with Crippen molar-refractivity contribution in [3.63, 3.8) is 0 Å². The number of fused-ring (bicyclic) bond motifs is 3. The smallest absolute Gasteiger partial charge is 0.281 e. The minimum atomic E-state index is -3.54. The summed E-state index contributed by atoms with van der Waals surface area (Å²) in [7, 11) is -2.04. The number of aliphatic hydroxyl groups is 1. The van der Waals surface area contributed by atoms with Gasteiger partial charge in [0.15, 0.2) is 0 Å². The molecule has 0 amide bonds. The molecular formula is C18H19F2N3O3S. The van der Waals surface area contributed by atoms with Crippen molar-refractivity contribution in [3.05, 3.63) is 48.0 Å². The molecule has 1 aromatic heterocycles. The normalized spacial score (nSPS) is 19.3. The van der Waals surface area contributed by atoms with Gasteiger partial charge in [-0.1, -0.05) is 0 Å². The number of β-amino-alcohol motifs (C(OH)–C–C–N with tert-alkyl or cyclic N) is 1. The Balaban J connectivity index is 1.71. The first-order valence-electron chi connectivity index (χ1n) is 8.54. The summed E-state index contributed by atoms with van der Waals surface area (Å²) in [5.41, 5.74) is 1.30. The van der Waals surface area contributed by atoms with Gasteiger partial charge in [0.1, 0.15) is 11.6 Å². The first-order valence-corrected chi connectivity index (χ1v) is 9.93. The van der Waals surface area contributed by atoms with Gasteiger partial charge in [0, 0.05) is 48.5 Å². The van der Waals surface area contributed by atoms with Crippen LogP contribution in [0, 0.1) is 11.6 Å². The summed E-state index contributed by atoms with van der Waals surface area (Å²) in [5.74, 6) is -0.866. The Kier molecular flexibility index (Phi) is 4.42. The number of nitrogens with zero attached hydrogens (tertiary/aromatic N) is 3. The van der Waals surface area contributed by atoms with Gasteiger partial charge in [-0.3, -0.25) is 0 Å². The molecule has 1 atom stereocenters. The van der Waals surface area contributed by atoms with Gasteiger partial charge in [-0.2, -0.15) is 17.0 Å². The number of aromatic nitrogens is 1. The molecule has 1 fully saturated rings. The molecule has 2 aromatic carbocycles. The molecule has 3 aromatic rings. The minimum absolute atomic E-state index is 0.0454. The van der Waals surface area contributed by atoms with E-state index in [2.05, 4.69) is 0 Å². The molecule has 0 aliphatic carbocycles. The maximum atomic E-state index is 13.7. The lowest BCUT2D eigenvalue weighted by atomic mass is 10.1. The quantitative estimate of drug-likeness (QED) is 0.734. The maximum Gasteiger partial charge on any atom is 0.281 e. The number of rotatable bonds is 4. The zero-order valence-corrected chi connectivity index (χ0v) is 15.5. The average molecular weight is 395 g/mol. The number of hydrogen-bond acceptors (Lipinski definition) is 3. The van der Waals surface area contributed by atoms with E-state index < -0.39 is 27.9 Å². The van der Waals surface area contributed by atoms with Crippen molar-refractivity contribution in [3.8, 4) is 0 Å². The number of aliphatic hydroxyl groups excluding tert-OH is 1. The minimum Gasteiger partial charge on any atom is -0.390 e. The highest BCUT2D eigenvalue weighted by Gasteiger charge is 2.34. The van der Waals surface area contributed by atoms with Crippen LogP contribution >= 0.6 is 0 Å². The lowest BCUT2D eigenvalue weighted by Gasteiger charge is -2.20. The van der Waals surface area contributed by atoms with E-state index in [-0.39, 0.29) is 13.1 Å². The molecule has 1 unspecified atom stereocenters. The molecule has 0 spiro atoms. The van der Waals surface area contributed by atoms with Gasteiger partial charge in [0.25, 0.3) is 10.2 Å². The van der Waals surface area contributed by atoms with E-state index in [1.807, 2.05) is 0 Å². The summed E-state index contributed by atoms with van der Waals surface area (Å²) < 4.78 is 56.0.